The van der Waals surface area contributed by atoms with Gasteiger partial charge < -0.3 is 15.2 Å². The Morgan fingerprint density at radius 2 is 1.61 bits per heavy atom. The van der Waals surface area contributed by atoms with E-state index in [1.54, 1.807) is 18.2 Å². The molecule has 0 atom stereocenters. The van der Waals surface area contributed by atoms with Crippen LogP contribution in [0.4, 0.5) is 4.79 Å². The normalized spacial score (nSPS) is 14.7. The number of carbonyl (C=O) groups is 4. The highest BCUT2D eigenvalue weighted by atomic mass is 16.7. The second kappa shape index (κ2) is 6.92. The maximum absolute atomic E-state index is 13.3. The molecule has 0 radical (unpaired) electrons. The number of carboxylic acid groups (broad SMARTS) is 1. The maximum atomic E-state index is 13.3. The van der Waals surface area contributed by atoms with Crippen molar-refractivity contribution in [2.75, 3.05) is 0 Å². The van der Waals surface area contributed by atoms with Crippen molar-refractivity contribution < 1.29 is 29.0 Å². The summed E-state index contributed by atoms with van der Waals surface area (Å²) in [7, 11) is 0. The number of ketones is 2. The van der Waals surface area contributed by atoms with Crippen molar-refractivity contribution in [3.05, 3.63) is 64.7 Å². The Labute approximate surface area is 161 Å². The van der Waals surface area contributed by atoms with E-state index in [1.807, 2.05) is 13.8 Å². The fourth-order valence-corrected chi connectivity index (χ4v) is 3.46. The summed E-state index contributed by atoms with van der Waals surface area (Å²) in [5.41, 5.74) is -1.00. The average Bonchev–Trinajstić information content (AvgIpc) is 2.83. The van der Waals surface area contributed by atoms with E-state index in [0.29, 0.717) is 0 Å². The molecule has 1 aliphatic carbocycles. The highest BCUT2D eigenvalue weighted by Crippen LogP contribution is 2.42. The Morgan fingerprint density at radius 1 is 1.04 bits per heavy atom. The van der Waals surface area contributed by atoms with E-state index in [4.69, 9.17) is 9.84 Å². The number of carbonyl (C=O) groups excluding carboxylic acids is 3. The SMILES string of the molecule is CC(=O)NC1(c2ccc(C(C)C)cc2OC(=O)O)C(=O)c2ccccc2C1=O. The standard InChI is InChI=1S/C21H19NO6/c1-11(2)13-8-9-16(17(10-13)28-20(26)27)21(22-12(3)23)18(24)14-6-4-5-7-15(14)19(21)25/h4-11H,1-3H3,(H,22,23)(H,26,27). The first-order valence-corrected chi connectivity index (χ1v) is 8.71. The summed E-state index contributed by atoms with van der Waals surface area (Å²) in [5, 5.41) is 11.6. The van der Waals surface area contributed by atoms with Crippen LogP contribution in [0.5, 0.6) is 5.75 Å². The van der Waals surface area contributed by atoms with Crippen molar-refractivity contribution in [3.8, 4) is 5.75 Å². The molecule has 0 saturated carbocycles. The van der Waals surface area contributed by atoms with E-state index in [-0.39, 0.29) is 28.4 Å². The maximum Gasteiger partial charge on any atom is 0.511 e. The number of rotatable bonds is 4. The number of Topliss-reactive ketones (excluding diaryl/α,β-unsaturated/α-hetero) is 2. The zero-order valence-electron chi connectivity index (χ0n) is 15.6. The van der Waals surface area contributed by atoms with Crippen molar-refractivity contribution in [2.45, 2.75) is 32.2 Å². The van der Waals surface area contributed by atoms with Gasteiger partial charge in [-0.15, -0.1) is 0 Å². The van der Waals surface area contributed by atoms with Crippen LogP contribution in [0.2, 0.25) is 0 Å². The van der Waals surface area contributed by atoms with E-state index in [9.17, 15) is 19.2 Å². The van der Waals surface area contributed by atoms with Crippen molar-refractivity contribution >= 4 is 23.6 Å². The van der Waals surface area contributed by atoms with Gasteiger partial charge in [0, 0.05) is 23.6 Å². The molecule has 0 aliphatic heterocycles. The summed E-state index contributed by atoms with van der Waals surface area (Å²) in [4.78, 5) is 49.8. The van der Waals surface area contributed by atoms with Gasteiger partial charge in [0.15, 0.2) is 5.54 Å². The molecule has 7 heteroatoms. The first-order chi connectivity index (χ1) is 13.2. The molecule has 2 aromatic rings. The quantitative estimate of drug-likeness (QED) is 0.478. The van der Waals surface area contributed by atoms with Gasteiger partial charge in [0.25, 0.3) is 0 Å². The lowest BCUT2D eigenvalue weighted by Gasteiger charge is -2.29. The van der Waals surface area contributed by atoms with E-state index < -0.39 is 29.2 Å². The lowest BCUT2D eigenvalue weighted by molar-refractivity contribution is -0.120. The van der Waals surface area contributed by atoms with Crippen LogP contribution < -0.4 is 10.1 Å². The summed E-state index contributed by atoms with van der Waals surface area (Å²) in [6, 6.07) is 10.8. The Hall–Kier alpha value is -3.48. The molecule has 144 valence electrons. The molecular formula is C21H19NO6. The molecule has 0 heterocycles. The van der Waals surface area contributed by atoms with Crippen LogP contribution in [0.3, 0.4) is 0 Å². The highest BCUT2D eigenvalue weighted by Gasteiger charge is 2.56. The van der Waals surface area contributed by atoms with Gasteiger partial charge in [-0.05, 0) is 17.5 Å². The summed E-state index contributed by atoms with van der Waals surface area (Å²) in [5.74, 6) is -1.98. The molecular weight excluding hydrogens is 362 g/mol. The predicted octanol–water partition coefficient (Wildman–Crippen LogP) is 3.28. The molecule has 7 nitrogen and oxygen atoms in total. The van der Waals surface area contributed by atoms with E-state index in [2.05, 4.69) is 5.32 Å². The third kappa shape index (κ3) is 2.94. The molecule has 2 aromatic carbocycles. The van der Waals surface area contributed by atoms with Crippen molar-refractivity contribution in [1.82, 2.24) is 5.32 Å². The molecule has 2 N–H and O–H groups in total. The van der Waals surface area contributed by atoms with Crippen LogP contribution in [-0.4, -0.2) is 28.7 Å². The Balaban J connectivity index is 2.30. The van der Waals surface area contributed by atoms with Crippen LogP contribution >= 0.6 is 0 Å². The molecule has 28 heavy (non-hydrogen) atoms. The summed E-state index contributed by atoms with van der Waals surface area (Å²) in [6.45, 7) is 5.00. The number of amides is 1. The summed E-state index contributed by atoms with van der Waals surface area (Å²) in [6.07, 6.45) is -1.59. The molecule has 0 aromatic heterocycles. The summed E-state index contributed by atoms with van der Waals surface area (Å²) >= 11 is 0. The van der Waals surface area contributed by atoms with Gasteiger partial charge >= 0.3 is 6.16 Å². The van der Waals surface area contributed by atoms with E-state index in [1.165, 1.54) is 31.2 Å². The minimum Gasteiger partial charge on any atom is -0.449 e. The molecule has 1 amide bonds. The Bertz CT molecular complexity index is 973. The van der Waals surface area contributed by atoms with Gasteiger partial charge in [-0.3, -0.25) is 14.4 Å². The third-order valence-corrected chi connectivity index (χ3v) is 4.73. The van der Waals surface area contributed by atoms with Crippen LogP contribution in [-0.2, 0) is 10.3 Å². The number of hydrogen-bond acceptors (Lipinski definition) is 5. The number of benzene rings is 2. The van der Waals surface area contributed by atoms with Crippen molar-refractivity contribution in [2.24, 2.45) is 0 Å². The second-order valence-electron chi connectivity index (χ2n) is 6.91. The number of nitrogens with one attached hydrogen (secondary N) is 1. The van der Waals surface area contributed by atoms with Crippen molar-refractivity contribution in [3.63, 3.8) is 0 Å². The molecule has 0 fully saturated rings. The predicted molar refractivity (Wildman–Crippen MR) is 99.8 cm³/mol. The lowest BCUT2D eigenvalue weighted by atomic mass is 9.83. The minimum absolute atomic E-state index is 0.0132. The van der Waals surface area contributed by atoms with E-state index in [0.717, 1.165) is 5.56 Å². The van der Waals surface area contributed by atoms with Gasteiger partial charge in [0.1, 0.15) is 5.75 Å². The van der Waals surface area contributed by atoms with Gasteiger partial charge in [0.2, 0.25) is 17.5 Å². The second-order valence-corrected chi connectivity index (χ2v) is 6.91. The van der Waals surface area contributed by atoms with Crippen LogP contribution in [0.1, 0.15) is 58.5 Å². The topological polar surface area (TPSA) is 110 Å². The largest absolute Gasteiger partial charge is 0.511 e. The average molecular weight is 381 g/mol. The zero-order valence-corrected chi connectivity index (χ0v) is 15.6. The van der Waals surface area contributed by atoms with Gasteiger partial charge in [-0.1, -0.05) is 50.2 Å². The lowest BCUT2D eigenvalue weighted by Crippen LogP contribution is -2.53. The molecule has 3 rings (SSSR count). The number of ether oxygens (including phenoxy) is 1. The fraction of sp³-hybridized carbons (Fsp3) is 0.238. The third-order valence-electron chi connectivity index (χ3n) is 4.73. The first kappa shape index (κ1) is 19.3. The van der Waals surface area contributed by atoms with E-state index >= 15 is 0 Å². The number of fused-ring (bicyclic) bond motifs is 1. The minimum atomic E-state index is -2.07. The van der Waals surface area contributed by atoms with Gasteiger partial charge in [0.05, 0.1) is 0 Å². The van der Waals surface area contributed by atoms with Crippen LogP contribution in [0.25, 0.3) is 0 Å². The highest BCUT2D eigenvalue weighted by molar-refractivity contribution is 6.34. The summed E-state index contributed by atoms with van der Waals surface area (Å²) < 4.78 is 4.91. The molecule has 0 spiro atoms. The first-order valence-electron chi connectivity index (χ1n) is 8.71. The Kier molecular flexibility index (Phi) is 4.77. The van der Waals surface area contributed by atoms with Crippen molar-refractivity contribution in [1.29, 1.82) is 0 Å². The molecule has 0 unspecified atom stereocenters. The molecule has 0 saturated heterocycles. The van der Waals surface area contributed by atoms with Crippen LogP contribution in [0, 0.1) is 0 Å². The van der Waals surface area contributed by atoms with Gasteiger partial charge in [-0.25, -0.2) is 4.79 Å². The molecule has 0 bridgehead atoms. The zero-order chi connectivity index (χ0) is 20.6. The van der Waals surface area contributed by atoms with Crippen LogP contribution in [0.15, 0.2) is 42.5 Å². The fourth-order valence-electron chi connectivity index (χ4n) is 3.46. The number of hydrogen-bond donors (Lipinski definition) is 2. The molecule has 1 aliphatic rings. The Morgan fingerprint density at radius 3 is 2.07 bits per heavy atom. The van der Waals surface area contributed by atoms with Gasteiger partial charge in [-0.2, -0.15) is 0 Å². The monoisotopic (exact) mass is 381 g/mol. The smallest absolute Gasteiger partial charge is 0.449 e.